The lowest BCUT2D eigenvalue weighted by Gasteiger charge is -2.43. The van der Waals surface area contributed by atoms with Crippen molar-refractivity contribution in [2.75, 3.05) is 13.2 Å². The van der Waals surface area contributed by atoms with Crippen molar-refractivity contribution in [2.45, 2.75) is 96.9 Å². The van der Waals surface area contributed by atoms with Gasteiger partial charge in [-0.25, -0.2) is 4.79 Å². The molecule has 0 bridgehead atoms. The number of nitrogens with one attached hydrogen (secondary N) is 1. The van der Waals surface area contributed by atoms with E-state index in [2.05, 4.69) is 86.8 Å². The maximum absolute atomic E-state index is 14.0. The molecule has 1 heterocycles. The molecule has 0 radical (unpaired) electrons. The Morgan fingerprint density at radius 3 is 1.91 bits per heavy atom. The van der Waals surface area contributed by atoms with Crippen molar-refractivity contribution in [3.8, 4) is 0 Å². The molecular formula is C38H52N2O4Si. The maximum atomic E-state index is 14.0. The summed E-state index contributed by atoms with van der Waals surface area (Å²) in [6.07, 6.45) is 2.83. The molecule has 0 saturated carbocycles. The van der Waals surface area contributed by atoms with Gasteiger partial charge in [-0.2, -0.15) is 0 Å². The Morgan fingerprint density at radius 1 is 0.867 bits per heavy atom. The Bertz CT molecular complexity index is 1330. The highest BCUT2D eigenvalue weighted by molar-refractivity contribution is 6.99. The zero-order chi connectivity index (χ0) is 32.7. The van der Waals surface area contributed by atoms with E-state index in [4.69, 9.17) is 9.16 Å². The first-order chi connectivity index (χ1) is 21.3. The first-order valence-corrected chi connectivity index (χ1v) is 18.3. The Kier molecular flexibility index (Phi) is 11.3. The first kappa shape index (κ1) is 34.5. The summed E-state index contributed by atoms with van der Waals surface area (Å²) >= 11 is 0. The summed E-state index contributed by atoms with van der Waals surface area (Å²) < 4.78 is 12.9. The van der Waals surface area contributed by atoms with E-state index in [9.17, 15) is 9.59 Å². The molecule has 3 atom stereocenters. The SMILES string of the molecule is C[C@H](NC(=O)[C@H]1[C@@H](CCCO[Si](c2ccccc2)(c2ccccc2)C(C)(C)C)CCCN1C(=O)OC(C)(C)C)c1ccccc1. The summed E-state index contributed by atoms with van der Waals surface area (Å²) in [5, 5.41) is 5.61. The molecule has 0 unspecified atom stereocenters. The van der Waals surface area contributed by atoms with E-state index in [0.717, 1.165) is 31.2 Å². The van der Waals surface area contributed by atoms with Crippen molar-refractivity contribution in [1.29, 1.82) is 0 Å². The average molecular weight is 629 g/mol. The van der Waals surface area contributed by atoms with Gasteiger partial charge in [0.25, 0.3) is 8.32 Å². The molecule has 1 N–H and O–H groups in total. The van der Waals surface area contributed by atoms with Gasteiger partial charge in [0.15, 0.2) is 0 Å². The number of hydrogen-bond donors (Lipinski definition) is 1. The predicted octanol–water partition coefficient (Wildman–Crippen LogP) is 7.24. The quantitative estimate of drug-likeness (QED) is 0.190. The molecule has 4 rings (SSSR count). The summed E-state index contributed by atoms with van der Waals surface area (Å²) in [5.41, 5.74) is 0.382. The second kappa shape index (κ2) is 14.8. The lowest BCUT2D eigenvalue weighted by atomic mass is 9.85. The lowest BCUT2D eigenvalue weighted by Crippen LogP contribution is -2.66. The van der Waals surface area contributed by atoms with Crippen LogP contribution in [-0.2, 0) is 14.0 Å². The standard InChI is InChI=1S/C38H52N2O4Si/c1-29(30-19-11-8-12-20-30)39-35(41)34-31(21-17-27-40(34)36(42)44-37(2,3)4)22-18-28-43-45(38(5,6)7,32-23-13-9-14-24-32)33-25-15-10-16-26-33/h8-16,19-20,23-26,29,31,34H,17-18,21-22,27-28H2,1-7H3,(H,39,41)/t29-,31+,34+/m0/s1. The number of carbonyl (C=O) groups is 2. The van der Waals surface area contributed by atoms with Crippen molar-refractivity contribution < 1.29 is 18.8 Å². The third kappa shape index (κ3) is 8.44. The number of likely N-dealkylation sites (tertiary alicyclic amines) is 1. The van der Waals surface area contributed by atoms with Crippen LogP contribution in [0.3, 0.4) is 0 Å². The van der Waals surface area contributed by atoms with Crippen molar-refractivity contribution in [1.82, 2.24) is 10.2 Å². The van der Waals surface area contributed by atoms with Gasteiger partial charge in [0, 0.05) is 13.2 Å². The highest BCUT2D eigenvalue weighted by Crippen LogP contribution is 2.37. The van der Waals surface area contributed by atoms with Crippen LogP contribution in [0.2, 0.25) is 5.04 Å². The lowest BCUT2D eigenvalue weighted by molar-refractivity contribution is -0.130. The normalized spacial score (nSPS) is 18.2. The van der Waals surface area contributed by atoms with Crippen LogP contribution in [0.1, 0.15) is 85.8 Å². The average Bonchev–Trinajstić information content (AvgIpc) is 3.00. The van der Waals surface area contributed by atoms with Gasteiger partial charge in [0.1, 0.15) is 11.6 Å². The largest absolute Gasteiger partial charge is 0.444 e. The molecule has 3 aromatic carbocycles. The molecule has 1 aliphatic rings. The van der Waals surface area contributed by atoms with E-state index in [1.54, 1.807) is 4.90 Å². The van der Waals surface area contributed by atoms with Crippen molar-refractivity contribution in [2.24, 2.45) is 5.92 Å². The van der Waals surface area contributed by atoms with Crippen molar-refractivity contribution >= 4 is 30.7 Å². The second-order valence-corrected chi connectivity index (χ2v) is 18.6. The van der Waals surface area contributed by atoms with E-state index >= 15 is 0 Å². The van der Waals surface area contributed by atoms with E-state index in [-0.39, 0.29) is 22.9 Å². The molecule has 1 aliphatic heterocycles. The third-order valence-corrected chi connectivity index (χ3v) is 13.8. The van der Waals surface area contributed by atoms with Gasteiger partial charge in [-0.15, -0.1) is 0 Å². The van der Waals surface area contributed by atoms with Gasteiger partial charge >= 0.3 is 6.09 Å². The summed E-state index contributed by atoms with van der Waals surface area (Å²) in [4.78, 5) is 29.1. The Hall–Kier alpha value is -3.42. The minimum atomic E-state index is -2.66. The van der Waals surface area contributed by atoms with E-state index in [0.29, 0.717) is 13.2 Å². The summed E-state index contributed by atoms with van der Waals surface area (Å²) in [6, 6.07) is 30.5. The van der Waals surface area contributed by atoms with E-state index in [1.165, 1.54) is 10.4 Å². The first-order valence-electron chi connectivity index (χ1n) is 16.4. The van der Waals surface area contributed by atoms with Gasteiger partial charge in [-0.05, 0) is 80.3 Å². The number of piperidine rings is 1. The number of rotatable bonds is 10. The van der Waals surface area contributed by atoms with Crippen LogP contribution < -0.4 is 15.7 Å². The van der Waals surface area contributed by atoms with Crippen LogP contribution in [0, 0.1) is 5.92 Å². The Morgan fingerprint density at radius 2 is 1.40 bits per heavy atom. The van der Waals surface area contributed by atoms with Gasteiger partial charge in [-0.3, -0.25) is 9.69 Å². The molecule has 242 valence electrons. The van der Waals surface area contributed by atoms with Gasteiger partial charge in [-0.1, -0.05) is 112 Å². The molecule has 0 aliphatic carbocycles. The fourth-order valence-corrected chi connectivity index (χ4v) is 11.3. The molecule has 7 heteroatoms. The number of benzene rings is 3. The van der Waals surface area contributed by atoms with Crippen molar-refractivity contribution in [3.05, 3.63) is 96.6 Å². The monoisotopic (exact) mass is 628 g/mol. The third-order valence-electron chi connectivity index (χ3n) is 8.77. The molecular weight excluding hydrogens is 577 g/mol. The molecule has 6 nitrogen and oxygen atoms in total. The molecule has 0 aromatic heterocycles. The highest BCUT2D eigenvalue weighted by Gasteiger charge is 2.50. The maximum Gasteiger partial charge on any atom is 0.410 e. The zero-order valence-electron chi connectivity index (χ0n) is 28.2. The number of hydrogen-bond acceptors (Lipinski definition) is 4. The molecule has 1 saturated heterocycles. The topological polar surface area (TPSA) is 67.9 Å². The minimum Gasteiger partial charge on any atom is -0.444 e. The number of ether oxygens (including phenoxy) is 1. The van der Waals surface area contributed by atoms with Gasteiger partial charge < -0.3 is 14.5 Å². The molecule has 0 spiro atoms. The van der Waals surface area contributed by atoms with Gasteiger partial charge in [0.05, 0.1) is 6.04 Å². The van der Waals surface area contributed by atoms with Crippen LogP contribution in [0.25, 0.3) is 0 Å². The van der Waals surface area contributed by atoms with E-state index < -0.39 is 26.1 Å². The fraction of sp³-hybridized carbons (Fsp3) is 0.474. The molecule has 1 fully saturated rings. The number of nitrogens with zero attached hydrogens (tertiary/aromatic N) is 1. The minimum absolute atomic E-state index is 0.00278. The smallest absolute Gasteiger partial charge is 0.410 e. The van der Waals surface area contributed by atoms with Crippen molar-refractivity contribution in [3.63, 3.8) is 0 Å². The summed E-state index contributed by atoms with van der Waals surface area (Å²) in [6.45, 7) is 15.5. The fourth-order valence-electron chi connectivity index (χ4n) is 6.71. The second-order valence-electron chi connectivity index (χ2n) is 14.3. The van der Waals surface area contributed by atoms with Crippen LogP contribution in [0.15, 0.2) is 91.0 Å². The Labute approximate surface area is 271 Å². The number of carbonyl (C=O) groups excluding carboxylic acids is 2. The molecule has 2 amide bonds. The zero-order valence-corrected chi connectivity index (χ0v) is 29.2. The summed E-state index contributed by atoms with van der Waals surface area (Å²) in [7, 11) is -2.66. The van der Waals surface area contributed by atoms with Crippen LogP contribution in [-0.4, -0.2) is 50.0 Å². The number of amides is 2. The summed E-state index contributed by atoms with van der Waals surface area (Å²) in [5.74, 6) is -0.133. The highest BCUT2D eigenvalue weighted by atomic mass is 28.4. The predicted molar refractivity (Wildman–Crippen MR) is 185 cm³/mol. The molecule has 45 heavy (non-hydrogen) atoms. The van der Waals surface area contributed by atoms with Crippen LogP contribution in [0.5, 0.6) is 0 Å². The van der Waals surface area contributed by atoms with Crippen LogP contribution in [0.4, 0.5) is 4.79 Å². The van der Waals surface area contributed by atoms with Crippen LogP contribution >= 0.6 is 0 Å². The Balaban J connectivity index is 1.55. The molecule has 3 aromatic rings. The van der Waals surface area contributed by atoms with E-state index in [1.807, 2.05) is 58.0 Å². The van der Waals surface area contributed by atoms with Gasteiger partial charge in [0.2, 0.25) is 5.91 Å².